The average molecular weight is 254 g/mol. The summed E-state index contributed by atoms with van der Waals surface area (Å²) < 4.78 is 0. The molecule has 3 amide bonds. The summed E-state index contributed by atoms with van der Waals surface area (Å²) >= 11 is 0. The molecule has 6 nitrogen and oxygen atoms in total. The monoisotopic (exact) mass is 254 g/mol. The van der Waals surface area contributed by atoms with E-state index in [1.54, 1.807) is 0 Å². The summed E-state index contributed by atoms with van der Waals surface area (Å²) in [5.74, 6) is 0.120. The van der Waals surface area contributed by atoms with Crippen molar-refractivity contribution in [3.05, 3.63) is 0 Å². The van der Waals surface area contributed by atoms with Gasteiger partial charge in [0, 0.05) is 38.6 Å². The van der Waals surface area contributed by atoms with Crippen LogP contribution >= 0.6 is 0 Å². The second kappa shape index (κ2) is 5.56. The maximum atomic E-state index is 12.1. The van der Waals surface area contributed by atoms with Crippen LogP contribution in [0.5, 0.6) is 0 Å². The van der Waals surface area contributed by atoms with Crippen LogP contribution in [0.4, 0.5) is 4.79 Å². The lowest BCUT2D eigenvalue weighted by atomic mass is 10.1. The van der Waals surface area contributed by atoms with Crippen molar-refractivity contribution in [3.8, 4) is 0 Å². The molecule has 0 saturated carbocycles. The van der Waals surface area contributed by atoms with Crippen LogP contribution in [0.2, 0.25) is 0 Å². The summed E-state index contributed by atoms with van der Waals surface area (Å²) in [6.45, 7) is 4.60. The van der Waals surface area contributed by atoms with Crippen molar-refractivity contribution >= 4 is 11.9 Å². The Labute approximate surface area is 107 Å². The van der Waals surface area contributed by atoms with Crippen LogP contribution < -0.4 is 11.1 Å². The summed E-state index contributed by atoms with van der Waals surface area (Å²) in [4.78, 5) is 27.2. The van der Waals surface area contributed by atoms with Crippen molar-refractivity contribution in [2.75, 3.05) is 26.2 Å². The number of nitrogens with one attached hydrogen (secondary N) is 1. The molecule has 0 aromatic carbocycles. The molecule has 2 saturated heterocycles. The number of hydrogen-bond acceptors (Lipinski definition) is 3. The third-order valence-electron chi connectivity index (χ3n) is 3.68. The van der Waals surface area contributed by atoms with Gasteiger partial charge in [0.15, 0.2) is 0 Å². The molecule has 0 radical (unpaired) electrons. The number of piperazine rings is 1. The van der Waals surface area contributed by atoms with Crippen molar-refractivity contribution in [2.45, 2.75) is 38.3 Å². The predicted octanol–water partition coefficient (Wildman–Crippen LogP) is -0.260. The fourth-order valence-corrected chi connectivity index (χ4v) is 2.66. The summed E-state index contributed by atoms with van der Waals surface area (Å²) in [5, 5.41) is 2.81. The Morgan fingerprint density at radius 3 is 3.06 bits per heavy atom. The number of rotatable bonds is 4. The van der Waals surface area contributed by atoms with Crippen LogP contribution in [0, 0.1) is 0 Å². The minimum atomic E-state index is -0.0381. The third kappa shape index (κ3) is 2.75. The molecule has 3 N–H and O–H groups in total. The second-order valence-corrected chi connectivity index (χ2v) is 5.13. The fourth-order valence-electron chi connectivity index (χ4n) is 2.66. The molecule has 2 heterocycles. The van der Waals surface area contributed by atoms with Crippen molar-refractivity contribution in [3.63, 3.8) is 0 Å². The Bertz CT molecular complexity index is 334. The zero-order valence-electron chi connectivity index (χ0n) is 10.9. The number of nitrogens with zero attached hydrogens (tertiary/aromatic N) is 2. The lowest BCUT2D eigenvalue weighted by Crippen LogP contribution is -2.54. The topological polar surface area (TPSA) is 78.7 Å². The molecule has 0 aliphatic carbocycles. The number of amides is 3. The van der Waals surface area contributed by atoms with Crippen LogP contribution in [-0.2, 0) is 4.79 Å². The third-order valence-corrected chi connectivity index (χ3v) is 3.68. The van der Waals surface area contributed by atoms with E-state index in [0.717, 1.165) is 12.8 Å². The van der Waals surface area contributed by atoms with E-state index in [1.165, 1.54) is 0 Å². The van der Waals surface area contributed by atoms with Crippen LogP contribution in [-0.4, -0.2) is 60.0 Å². The van der Waals surface area contributed by atoms with Gasteiger partial charge in [0.1, 0.15) is 0 Å². The highest BCUT2D eigenvalue weighted by molar-refractivity contribution is 5.79. The minimum absolute atomic E-state index is 0.00483. The smallest absolute Gasteiger partial charge is 0.317 e. The van der Waals surface area contributed by atoms with Crippen LogP contribution in [0.25, 0.3) is 0 Å². The lowest BCUT2D eigenvalue weighted by molar-refractivity contribution is -0.133. The van der Waals surface area contributed by atoms with Gasteiger partial charge in [0.25, 0.3) is 0 Å². The molecule has 2 atom stereocenters. The molecule has 2 fully saturated rings. The first kappa shape index (κ1) is 13.1. The van der Waals surface area contributed by atoms with Gasteiger partial charge < -0.3 is 20.9 Å². The summed E-state index contributed by atoms with van der Waals surface area (Å²) in [6, 6.07) is 0.0937. The van der Waals surface area contributed by atoms with Crippen LogP contribution in [0.1, 0.15) is 26.2 Å². The van der Waals surface area contributed by atoms with E-state index in [1.807, 2.05) is 9.80 Å². The largest absolute Gasteiger partial charge is 0.339 e. The predicted molar refractivity (Wildman–Crippen MR) is 68.0 cm³/mol. The van der Waals surface area contributed by atoms with E-state index in [-0.39, 0.29) is 24.0 Å². The Morgan fingerprint density at radius 2 is 2.33 bits per heavy atom. The van der Waals surface area contributed by atoms with E-state index < -0.39 is 0 Å². The van der Waals surface area contributed by atoms with E-state index in [4.69, 9.17) is 5.73 Å². The molecule has 102 valence electrons. The first-order chi connectivity index (χ1) is 8.61. The Hall–Kier alpha value is -1.30. The number of hydrogen-bond donors (Lipinski definition) is 2. The van der Waals surface area contributed by atoms with Crippen molar-refractivity contribution < 1.29 is 9.59 Å². The van der Waals surface area contributed by atoms with Gasteiger partial charge in [-0.3, -0.25) is 4.79 Å². The average Bonchev–Trinajstić information content (AvgIpc) is 2.71. The van der Waals surface area contributed by atoms with Gasteiger partial charge in [-0.1, -0.05) is 13.3 Å². The zero-order valence-corrected chi connectivity index (χ0v) is 10.9. The van der Waals surface area contributed by atoms with Gasteiger partial charge in [0.05, 0.1) is 6.04 Å². The molecule has 6 heteroatoms. The first-order valence-corrected chi connectivity index (χ1v) is 6.69. The molecule has 2 unspecified atom stereocenters. The Balaban J connectivity index is 1.84. The van der Waals surface area contributed by atoms with Crippen LogP contribution in [0.15, 0.2) is 0 Å². The fraction of sp³-hybridized carbons (Fsp3) is 0.833. The molecular formula is C12H22N4O2. The minimum Gasteiger partial charge on any atom is -0.339 e. The highest BCUT2D eigenvalue weighted by Gasteiger charge is 2.36. The molecule has 2 aliphatic rings. The zero-order chi connectivity index (χ0) is 13.1. The van der Waals surface area contributed by atoms with Gasteiger partial charge in [-0.05, 0) is 6.42 Å². The molecule has 0 bridgehead atoms. The molecule has 18 heavy (non-hydrogen) atoms. The molecule has 0 aromatic rings. The van der Waals surface area contributed by atoms with Gasteiger partial charge in [-0.25, -0.2) is 4.79 Å². The first-order valence-electron chi connectivity index (χ1n) is 6.69. The number of nitrogens with two attached hydrogens (primary N) is 1. The number of fused-ring (bicyclic) bond motifs is 1. The molecule has 0 aromatic heterocycles. The standard InChI is InChI=1S/C12H22N4O2/c1-2-3-9(13)6-11(17)15-4-5-16-10(8-15)7-14-12(16)18/h9-10H,2-8,13H2,1H3,(H,14,18). The normalized spacial score (nSPS) is 24.8. The Morgan fingerprint density at radius 1 is 1.56 bits per heavy atom. The van der Waals surface area contributed by atoms with Gasteiger partial charge in [0.2, 0.25) is 5.91 Å². The summed E-state index contributed by atoms with van der Waals surface area (Å²) in [5.41, 5.74) is 5.90. The number of carbonyl (C=O) groups is 2. The summed E-state index contributed by atoms with van der Waals surface area (Å²) in [7, 11) is 0. The Kier molecular flexibility index (Phi) is 4.06. The van der Waals surface area contributed by atoms with Crippen LogP contribution in [0.3, 0.4) is 0 Å². The molecule has 2 aliphatic heterocycles. The maximum Gasteiger partial charge on any atom is 0.317 e. The summed E-state index contributed by atoms with van der Waals surface area (Å²) in [6.07, 6.45) is 2.31. The molecule has 0 spiro atoms. The van der Waals surface area contributed by atoms with Gasteiger partial charge in [-0.15, -0.1) is 0 Å². The van der Waals surface area contributed by atoms with Gasteiger partial charge >= 0.3 is 6.03 Å². The molecule has 2 rings (SSSR count). The highest BCUT2D eigenvalue weighted by Crippen LogP contribution is 2.15. The van der Waals surface area contributed by atoms with E-state index in [2.05, 4.69) is 12.2 Å². The second-order valence-electron chi connectivity index (χ2n) is 5.13. The maximum absolute atomic E-state index is 12.1. The number of urea groups is 1. The highest BCUT2D eigenvalue weighted by atomic mass is 16.2. The van der Waals surface area contributed by atoms with E-state index in [0.29, 0.717) is 32.6 Å². The van der Waals surface area contributed by atoms with Crippen molar-refractivity contribution in [1.82, 2.24) is 15.1 Å². The molecular weight excluding hydrogens is 232 g/mol. The van der Waals surface area contributed by atoms with E-state index in [9.17, 15) is 9.59 Å². The quantitative estimate of drug-likeness (QED) is 0.725. The van der Waals surface area contributed by atoms with Gasteiger partial charge in [-0.2, -0.15) is 0 Å². The SMILES string of the molecule is CCCC(N)CC(=O)N1CCN2C(=O)NCC2C1. The van der Waals surface area contributed by atoms with E-state index >= 15 is 0 Å². The van der Waals surface area contributed by atoms with Crippen molar-refractivity contribution in [2.24, 2.45) is 5.73 Å². The van der Waals surface area contributed by atoms with Crippen molar-refractivity contribution in [1.29, 1.82) is 0 Å². The number of carbonyl (C=O) groups excluding carboxylic acids is 2. The lowest BCUT2D eigenvalue weighted by Gasteiger charge is -2.36.